The summed E-state index contributed by atoms with van der Waals surface area (Å²) >= 11 is 0. The first-order chi connectivity index (χ1) is 13.5. The molecule has 6 heteroatoms. The van der Waals surface area contributed by atoms with E-state index < -0.39 is 12.1 Å². The van der Waals surface area contributed by atoms with Gasteiger partial charge in [0, 0.05) is 25.2 Å². The van der Waals surface area contributed by atoms with Crippen molar-refractivity contribution in [3.63, 3.8) is 0 Å². The number of ether oxygens (including phenoxy) is 1. The summed E-state index contributed by atoms with van der Waals surface area (Å²) in [6.45, 7) is 2.78. The number of amides is 2. The molecule has 1 N–H and O–H groups in total. The average molecular weight is 384 g/mol. The van der Waals surface area contributed by atoms with Crippen LogP contribution in [0, 0.1) is 0 Å². The van der Waals surface area contributed by atoms with Gasteiger partial charge in [-0.15, -0.1) is 0 Å². The van der Waals surface area contributed by atoms with E-state index in [4.69, 9.17) is 4.74 Å². The first-order valence-corrected chi connectivity index (χ1v) is 10.1. The number of anilines is 1. The Balaban J connectivity index is 1.50. The number of esters is 1. The van der Waals surface area contributed by atoms with Crippen molar-refractivity contribution in [3.05, 3.63) is 41.5 Å². The van der Waals surface area contributed by atoms with Crippen molar-refractivity contribution in [2.45, 2.75) is 58.0 Å². The van der Waals surface area contributed by atoms with Gasteiger partial charge < -0.3 is 15.0 Å². The largest absolute Gasteiger partial charge is 0.449 e. The predicted molar refractivity (Wildman–Crippen MR) is 107 cm³/mol. The molecule has 1 aromatic carbocycles. The lowest BCUT2D eigenvalue weighted by Gasteiger charge is -2.17. The van der Waals surface area contributed by atoms with Gasteiger partial charge in [0.2, 0.25) is 5.91 Å². The van der Waals surface area contributed by atoms with Gasteiger partial charge in [-0.1, -0.05) is 17.7 Å². The molecule has 1 saturated heterocycles. The second-order valence-corrected chi connectivity index (χ2v) is 7.40. The summed E-state index contributed by atoms with van der Waals surface area (Å²) in [7, 11) is 0. The van der Waals surface area contributed by atoms with E-state index in [1.54, 1.807) is 36.1 Å². The third-order valence-electron chi connectivity index (χ3n) is 5.25. The molecule has 1 atom stereocenters. The van der Waals surface area contributed by atoms with Gasteiger partial charge in [-0.3, -0.25) is 9.59 Å². The molecule has 150 valence electrons. The Bertz CT molecular complexity index is 772. The minimum Gasteiger partial charge on any atom is -0.449 e. The van der Waals surface area contributed by atoms with E-state index in [-0.39, 0.29) is 11.8 Å². The number of nitrogens with zero attached hydrogens (tertiary/aromatic N) is 1. The van der Waals surface area contributed by atoms with Crippen molar-refractivity contribution in [1.29, 1.82) is 0 Å². The third-order valence-corrected chi connectivity index (χ3v) is 5.25. The van der Waals surface area contributed by atoms with E-state index in [2.05, 4.69) is 11.4 Å². The number of carbonyl (C=O) groups is 3. The molecule has 2 aliphatic rings. The SMILES string of the molecule is C[C@@H](OC(=O)c1cccc(N2CCCC2=O)c1)C(=O)NCCC1=CCCCC1. The van der Waals surface area contributed by atoms with Crippen LogP contribution in [0.5, 0.6) is 0 Å². The zero-order chi connectivity index (χ0) is 19.9. The zero-order valence-electron chi connectivity index (χ0n) is 16.4. The Labute approximate surface area is 165 Å². The van der Waals surface area contributed by atoms with Crippen molar-refractivity contribution in [1.82, 2.24) is 5.32 Å². The van der Waals surface area contributed by atoms with Gasteiger partial charge in [0.05, 0.1) is 5.56 Å². The van der Waals surface area contributed by atoms with Gasteiger partial charge in [0.15, 0.2) is 6.10 Å². The van der Waals surface area contributed by atoms with Gasteiger partial charge in [0.1, 0.15) is 0 Å². The standard InChI is InChI=1S/C22H28N2O4/c1-16(21(26)23-13-12-17-7-3-2-4-8-17)28-22(27)18-9-5-10-19(15-18)24-14-6-11-20(24)25/h5,7,9-10,15-16H,2-4,6,8,11-14H2,1H3,(H,23,26)/t16-/m1/s1. The van der Waals surface area contributed by atoms with E-state index in [1.807, 2.05) is 0 Å². The summed E-state index contributed by atoms with van der Waals surface area (Å²) in [4.78, 5) is 38.2. The lowest BCUT2D eigenvalue weighted by molar-refractivity contribution is -0.129. The van der Waals surface area contributed by atoms with Crippen molar-refractivity contribution < 1.29 is 19.1 Å². The predicted octanol–water partition coefficient (Wildman–Crippen LogP) is 3.37. The Hall–Kier alpha value is -2.63. The highest BCUT2D eigenvalue weighted by Gasteiger charge is 2.23. The molecule has 1 aromatic rings. The summed E-state index contributed by atoms with van der Waals surface area (Å²) in [5.41, 5.74) is 2.42. The van der Waals surface area contributed by atoms with Crippen molar-refractivity contribution in [2.75, 3.05) is 18.0 Å². The molecule has 6 nitrogen and oxygen atoms in total. The number of nitrogens with one attached hydrogen (secondary N) is 1. The van der Waals surface area contributed by atoms with Crippen molar-refractivity contribution >= 4 is 23.5 Å². The molecule has 1 heterocycles. The first kappa shape index (κ1) is 20.1. The minimum absolute atomic E-state index is 0.0614. The Morgan fingerprint density at radius 3 is 2.79 bits per heavy atom. The summed E-state index contributed by atoms with van der Waals surface area (Å²) in [6, 6.07) is 6.80. The minimum atomic E-state index is -0.870. The molecule has 0 aromatic heterocycles. The second kappa shape index (κ2) is 9.53. The molecular formula is C22H28N2O4. The lowest BCUT2D eigenvalue weighted by atomic mass is 9.97. The molecular weight excluding hydrogens is 356 g/mol. The summed E-state index contributed by atoms with van der Waals surface area (Å²) in [5, 5.41) is 2.84. The summed E-state index contributed by atoms with van der Waals surface area (Å²) in [5.74, 6) is -0.798. The topological polar surface area (TPSA) is 75.7 Å². The van der Waals surface area contributed by atoms with E-state index in [1.165, 1.54) is 18.4 Å². The maximum atomic E-state index is 12.4. The fourth-order valence-electron chi connectivity index (χ4n) is 3.63. The van der Waals surface area contributed by atoms with Crippen molar-refractivity contribution in [3.8, 4) is 0 Å². The van der Waals surface area contributed by atoms with E-state index in [0.717, 1.165) is 25.7 Å². The zero-order valence-corrected chi connectivity index (χ0v) is 16.4. The normalized spacial score (nSPS) is 17.8. The maximum Gasteiger partial charge on any atom is 0.338 e. The molecule has 3 rings (SSSR count). The summed E-state index contributed by atoms with van der Waals surface area (Å²) < 4.78 is 5.32. The van der Waals surface area contributed by atoms with Crippen LogP contribution in [0.15, 0.2) is 35.9 Å². The molecule has 1 aliphatic carbocycles. The van der Waals surface area contributed by atoms with Crippen LogP contribution >= 0.6 is 0 Å². The van der Waals surface area contributed by atoms with Gasteiger partial charge in [-0.2, -0.15) is 0 Å². The number of benzene rings is 1. The fraction of sp³-hybridized carbons (Fsp3) is 0.500. The van der Waals surface area contributed by atoms with Crippen LogP contribution in [0.25, 0.3) is 0 Å². The molecule has 0 bridgehead atoms. The van der Waals surface area contributed by atoms with Crippen LogP contribution in [0.3, 0.4) is 0 Å². The van der Waals surface area contributed by atoms with Crippen LogP contribution in [0.4, 0.5) is 5.69 Å². The smallest absolute Gasteiger partial charge is 0.338 e. The fourth-order valence-corrected chi connectivity index (χ4v) is 3.63. The van der Waals surface area contributed by atoms with Crippen LogP contribution in [0.1, 0.15) is 62.2 Å². The average Bonchev–Trinajstić information content (AvgIpc) is 3.14. The maximum absolute atomic E-state index is 12.4. The Kier molecular flexibility index (Phi) is 6.85. The second-order valence-electron chi connectivity index (χ2n) is 7.40. The number of hydrogen-bond donors (Lipinski definition) is 1. The number of rotatable bonds is 7. The molecule has 2 amide bonds. The van der Waals surface area contributed by atoms with E-state index in [0.29, 0.717) is 30.8 Å². The third kappa shape index (κ3) is 5.21. The highest BCUT2D eigenvalue weighted by atomic mass is 16.5. The molecule has 28 heavy (non-hydrogen) atoms. The lowest BCUT2D eigenvalue weighted by Crippen LogP contribution is -2.36. The van der Waals surface area contributed by atoms with Crippen LogP contribution in [-0.2, 0) is 14.3 Å². The number of carbonyl (C=O) groups excluding carboxylic acids is 3. The summed E-state index contributed by atoms with van der Waals surface area (Å²) in [6.07, 6.45) is 8.28. The van der Waals surface area contributed by atoms with Crippen LogP contribution < -0.4 is 10.2 Å². The van der Waals surface area contributed by atoms with Gasteiger partial charge in [-0.25, -0.2) is 4.79 Å². The Morgan fingerprint density at radius 2 is 2.07 bits per heavy atom. The molecule has 0 radical (unpaired) electrons. The monoisotopic (exact) mass is 384 g/mol. The molecule has 0 unspecified atom stereocenters. The van der Waals surface area contributed by atoms with Gasteiger partial charge >= 0.3 is 5.97 Å². The van der Waals surface area contributed by atoms with Crippen molar-refractivity contribution in [2.24, 2.45) is 0 Å². The number of allylic oxidation sites excluding steroid dienone is 1. The quantitative estimate of drug-likeness (QED) is 0.578. The first-order valence-electron chi connectivity index (χ1n) is 10.1. The molecule has 0 spiro atoms. The highest BCUT2D eigenvalue weighted by Crippen LogP contribution is 2.23. The van der Waals surface area contributed by atoms with E-state index in [9.17, 15) is 14.4 Å². The van der Waals surface area contributed by atoms with Crippen LogP contribution in [0.2, 0.25) is 0 Å². The molecule has 0 saturated carbocycles. The Morgan fingerprint density at radius 1 is 1.21 bits per heavy atom. The number of hydrogen-bond acceptors (Lipinski definition) is 4. The van der Waals surface area contributed by atoms with Gasteiger partial charge in [0.25, 0.3) is 5.91 Å². The van der Waals surface area contributed by atoms with Crippen LogP contribution in [-0.4, -0.2) is 37.0 Å². The highest BCUT2D eigenvalue weighted by molar-refractivity contribution is 5.98. The molecule has 1 aliphatic heterocycles. The van der Waals surface area contributed by atoms with E-state index >= 15 is 0 Å². The molecule has 1 fully saturated rings. The van der Waals surface area contributed by atoms with Gasteiger partial charge in [-0.05, 0) is 63.6 Å².